The number of hydrogen-bond donors (Lipinski definition) is 1. The predicted molar refractivity (Wildman–Crippen MR) is 105 cm³/mol. The molecule has 0 unspecified atom stereocenters. The molecule has 8 heteroatoms. The van der Waals surface area contributed by atoms with Crippen LogP contribution in [0.1, 0.15) is 40.0 Å². The lowest BCUT2D eigenvalue weighted by atomic mass is 10.1. The van der Waals surface area contributed by atoms with Crippen LogP contribution in [0.3, 0.4) is 0 Å². The number of nitrogens with one attached hydrogen (secondary N) is 1. The van der Waals surface area contributed by atoms with E-state index in [0.29, 0.717) is 18.8 Å². The summed E-state index contributed by atoms with van der Waals surface area (Å²) in [5.41, 5.74) is 0.851. The van der Waals surface area contributed by atoms with E-state index in [2.05, 4.69) is 5.32 Å². The summed E-state index contributed by atoms with van der Waals surface area (Å²) < 4.78 is 31.6. The summed E-state index contributed by atoms with van der Waals surface area (Å²) in [6.45, 7) is 1.05. The Morgan fingerprint density at radius 3 is 2.25 bits per heavy atom. The number of hydrogen-bond acceptors (Lipinski definition) is 5. The molecule has 1 aliphatic heterocycles. The summed E-state index contributed by atoms with van der Waals surface area (Å²) in [6, 6.07) is 12.3. The Bertz CT molecular complexity index is 964. The zero-order chi connectivity index (χ0) is 20.1. The number of amides is 1. The third-order valence-corrected chi connectivity index (χ3v) is 6.56. The average molecular weight is 402 g/mol. The number of benzene rings is 2. The molecular weight excluding hydrogens is 380 g/mol. The minimum Gasteiger partial charge on any atom is -0.465 e. The van der Waals surface area contributed by atoms with Crippen molar-refractivity contribution in [3.63, 3.8) is 0 Å². The third-order valence-electron chi connectivity index (χ3n) is 4.65. The van der Waals surface area contributed by atoms with Crippen LogP contribution in [0.2, 0.25) is 0 Å². The Kier molecular flexibility index (Phi) is 6.11. The highest BCUT2D eigenvalue weighted by Crippen LogP contribution is 2.22. The molecule has 1 saturated heterocycles. The fraction of sp³-hybridized carbons (Fsp3) is 0.300. The molecule has 28 heavy (non-hydrogen) atoms. The van der Waals surface area contributed by atoms with Crippen LogP contribution in [0.15, 0.2) is 53.4 Å². The van der Waals surface area contributed by atoms with Crippen molar-refractivity contribution >= 4 is 27.6 Å². The van der Waals surface area contributed by atoms with Crippen LogP contribution in [0.4, 0.5) is 5.69 Å². The van der Waals surface area contributed by atoms with Gasteiger partial charge in [0.05, 0.1) is 23.3 Å². The Morgan fingerprint density at radius 1 is 0.964 bits per heavy atom. The SMILES string of the molecule is COC(=O)c1ccccc1NC(=O)c1ccc(S(=O)(=O)N2CCCCC2)cc1. The van der Waals surface area contributed by atoms with Crippen molar-refractivity contribution in [1.82, 2.24) is 4.31 Å². The fourth-order valence-corrected chi connectivity index (χ4v) is 4.62. The van der Waals surface area contributed by atoms with E-state index in [9.17, 15) is 18.0 Å². The topological polar surface area (TPSA) is 92.8 Å². The minimum absolute atomic E-state index is 0.168. The van der Waals surface area contributed by atoms with Crippen molar-refractivity contribution in [3.05, 3.63) is 59.7 Å². The molecule has 2 aromatic rings. The summed E-state index contributed by atoms with van der Waals surface area (Å²) in [6.07, 6.45) is 2.76. The van der Waals surface area contributed by atoms with Gasteiger partial charge in [-0.25, -0.2) is 13.2 Å². The zero-order valence-electron chi connectivity index (χ0n) is 15.6. The van der Waals surface area contributed by atoms with E-state index in [-0.39, 0.29) is 16.0 Å². The largest absolute Gasteiger partial charge is 0.465 e. The normalized spacial score (nSPS) is 15.0. The molecule has 0 spiro atoms. The molecule has 0 aromatic heterocycles. The van der Waals surface area contributed by atoms with Gasteiger partial charge >= 0.3 is 5.97 Å². The van der Waals surface area contributed by atoms with Gasteiger partial charge in [0.25, 0.3) is 5.91 Å². The monoisotopic (exact) mass is 402 g/mol. The Balaban J connectivity index is 1.77. The van der Waals surface area contributed by atoms with Crippen LogP contribution < -0.4 is 5.32 Å². The molecule has 0 radical (unpaired) electrons. The number of piperidine rings is 1. The fourth-order valence-electron chi connectivity index (χ4n) is 3.11. The van der Waals surface area contributed by atoms with Crippen LogP contribution in [-0.4, -0.2) is 44.8 Å². The van der Waals surface area contributed by atoms with E-state index in [1.165, 1.54) is 35.7 Å². The van der Waals surface area contributed by atoms with Gasteiger partial charge in [-0.15, -0.1) is 0 Å². The van der Waals surface area contributed by atoms with Gasteiger partial charge in [-0.1, -0.05) is 18.6 Å². The maximum absolute atomic E-state index is 12.7. The molecule has 1 heterocycles. The number of sulfonamides is 1. The van der Waals surface area contributed by atoms with Crippen molar-refractivity contribution in [1.29, 1.82) is 0 Å². The second-order valence-electron chi connectivity index (χ2n) is 6.48. The summed E-state index contributed by atoms with van der Waals surface area (Å²) in [7, 11) is -2.28. The number of nitrogens with zero attached hydrogens (tertiary/aromatic N) is 1. The van der Waals surface area contributed by atoms with Gasteiger partial charge < -0.3 is 10.1 Å². The molecule has 0 bridgehead atoms. The van der Waals surface area contributed by atoms with Crippen LogP contribution in [0, 0.1) is 0 Å². The zero-order valence-corrected chi connectivity index (χ0v) is 16.4. The molecule has 1 aliphatic rings. The van der Waals surface area contributed by atoms with Gasteiger partial charge in [0.15, 0.2) is 0 Å². The van der Waals surface area contributed by atoms with E-state index >= 15 is 0 Å². The van der Waals surface area contributed by atoms with Crippen LogP contribution in [0.25, 0.3) is 0 Å². The maximum Gasteiger partial charge on any atom is 0.339 e. The number of ether oxygens (including phenoxy) is 1. The third kappa shape index (κ3) is 4.23. The number of para-hydroxylation sites is 1. The van der Waals surface area contributed by atoms with Crippen LogP contribution >= 0.6 is 0 Å². The number of carbonyl (C=O) groups is 2. The van der Waals surface area contributed by atoms with E-state index < -0.39 is 21.9 Å². The molecule has 2 aromatic carbocycles. The van der Waals surface area contributed by atoms with Crippen molar-refractivity contribution in [2.45, 2.75) is 24.2 Å². The summed E-state index contributed by atoms with van der Waals surface area (Å²) in [4.78, 5) is 24.5. The number of rotatable bonds is 5. The van der Waals surface area contributed by atoms with Crippen LogP contribution in [0.5, 0.6) is 0 Å². The van der Waals surface area contributed by atoms with Crippen molar-refractivity contribution < 1.29 is 22.7 Å². The molecular formula is C20H22N2O5S. The lowest BCUT2D eigenvalue weighted by Gasteiger charge is -2.25. The second kappa shape index (κ2) is 8.53. The first-order valence-corrected chi connectivity index (χ1v) is 10.5. The summed E-state index contributed by atoms with van der Waals surface area (Å²) in [5.74, 6) is -1.00. The minimum atomic E-state index is -3.54. The van der Waals surface area contributed by atoms with Crippen LogP contribution in [-0.2, 0) is 14.8 Å². The Morgan fingerprint density at radius 2 is 1.61 bits per heavy atom. The van der Waals surface area contributed by atoms with Crippen molar-refractivity contribution in [2.75, 3.05) is 25.5 Å². The lowest BCUT2D eigenvalue weighted by molar-refractivity contribution is 0.0602. The standard InChI is InChI=1S/C20H22N2O5S/c1-27-20(24)17-7-3-4-8-18(17)21-19(23)15-9-11-16(12-10-15)28(25,26)22-13-5-2-6-14-22/h3-4,7-12H,2,5-6,13-14H2,1H3,(H,21,23). The second-order valence-corrected chi connectivity index (χ2v) is 8.42. The number of methoxy groups -OCH3 is 1. The number of esters is 1. The lowest BCUT2D eigenvalue weighted by Crippen LogP contribution is -2.35. The van der Waals surface area contributed by atoms with Gasteiger partial charge in [-0.2, -0.15) is 4.31 Å². The summed E-state index contributed by atoms with van der Waals surface area (Å²) >= 11 is 0. The number of carbonyl (C=O) groups excluding carboxylic acids is 2. The molecule has 1 amide bonds. The van der Waals surface area contributed by atoms with Gasteiger partial charge in [0.1, 0.15) is 0 Å². The quantitative estimate of drug-likeness (QED) is 0.777. The molecule has 148 valence electrons. The van der Waals surface area contributed by atoms with Gasteiger partial charge in [0, 0.05) is 18.7 Å². The highest BCUT2D eigenvalue weighted by Gasteiger charge is 2.26. The average Bonchev–Trinajstić information content (AvgIpc) is 2.74. The highest BCUT2D eigenvalue weighted by atomic mass is 32.2. The molecule has 0 atom stereocenters. The smallest absolute Gasteiger partial charge is 0.339 e. The first-order valence-electron chi connectivity index (χ1n) is 9.02. The maximum atomic E-state index is 12.7. The molecule has 1 N–H and O–H groups in total. The van der Waals surface area contributed by atoms with E-state index in [0.717, 1.165) is 19.3 Å². The molecule has 0 saturated carbocycles. The van der Waals surface area contributed by atoms with Crippen molar-refractivity contribution in [3.8, 4) is 0 Å². The van der Waals surface area contributed by atoms with Gasteiger partial charge in [0.2, 0.25) is 10.0 Å². The molecule has 0 aliphatic carbocycles. The number of anilines is 1. The van der Waals surface area contributed by atoms with Gasteiger partial charge in [-0.3, -0.25) is 4.79 Å². The van der Waals surface area contributed by atoms with E-state index in [1.54, 1.807) is 24.3 Å². The van der Waals surface area contributed by atoms with E-state index in [4.69, 9.17) is 4.74 Å². The Labute approximate surface area is 164 Å². The summed E-state index contributed by atoms with van der Waals surface area (Å²) in [5, 5.41) is 2.66. The van der Waals surface area contributed by atoms with Gasteiger partial charge in [-0.05, 0) is 49.2 Å². The highest BCUT2D eigenvalue weighted by molar-refractivity contribution is 7.89. The molecule has 7 nitrogen and oxygen atoms in total. The Hall–Kier alpha value is -2.71. The van der Waals surface area contributed by atoms with E-state index in [1.807, 2.05) is 0 Å². The predicted octanol–water partition coefficient (Wildman–Crippen LogP) is 2.90. The van der Waals surface area contributed by atoms with Crippen molar-refractivity contribution in [2.24, 2.45) is 0 Å². The first kappa shape index (κ1) is 20.0. The molecule has 1 fully saturated rings. The molecule has 3 rings (SSSR count). The first-order chi connectivity index (χ1) is 13.4.